The summed E-state index contributed by atoms with van der Waals surface area (Å²) < 4.78 is 10.2. The first-order valence-electron chi connectivity index (χ1n) is 4.24. The van der Waals surface area contributed by atoms with Crippen molar-refractivity contribution in [3.05, 3.63) is 12.2 Å². The zero-order valence-corrected chi connectivity index (χ0v) is 7.29. The molecule has 1 unspecified atom stereocenters. The van der Waals surface area contributed by atoms with E-state index in [0.717, 1.165) is 19.4 Å². The van der Waals surface area contributed by atoms with Crippen LogP contribution in [-0.4, -0.2) is 25.3 Å². The lowest BCUT2D eigenvalue weighted by atomic mass is 10.2. The Morgan fingerprint density at radius 1 is 1.75 bits per heavy atom. The van der Waals surface area contributed by atoms with Crippen LogP contribution in [0.4, 0.5) is 0 Å². The average Bonchev–Trinajstić information content (AvgIpc) is 2.53. The summed E-state index contributed by atoms with van der Waals surface area (Å²) >= 11 is 0. The minimum atomic E-state index is -0.284. The number of carbonyl (C=O) groups excluding carboxylic acids is 1. The number of ether oxygens (including phenoxy) is 2. The first-order valence-corrected chi connectivity index (χ1v) is 4.24. The van der Waals surface area contributed by atoms with E-state index in [1.54, 1.807) is 13.0 Å². The standard InChI is InChI=1S/C9H14O3/c1-2-4-9(10)12-7-8-5-3-6-11-8/h2,4,8H,3,5-7H2,1H3/b4-2+. The summed E-state index contributed by atoms with van der Waals surface area (Å²) in [6, 6.07) is 0. The molecule has 0 bridgehead atoms. The second-order valence-corrected chi connectivity index (χ2v) is 2.77. The molecule has 0 radical (unpaired) electrons. The third kappa shape index (κ3) is 3.05. The zero-order chi connectivity index (χ0) is 8.81. The highest BCUT2D eigenvalue weighted by Crippen LogP contribution is 2.11. The first kappa shape index (κ1) is 9.26. The lowest BCUT2D eigenvalue weighted by Crippen LogP contribution is -2.16. The maximum atomic E-state index is 10.8. The van der Waals surface area contributed by atoms with Gasteiger partial charge in [-0.15, -0.1) is 0 Å². The Labute approximate surface area is 72.4 Å². The predicted molar refractivity (Wildman–Crippen MR) is 44.7 cm³/mol. The Bertz CT molecular complexity index is 169. The van der Waals surface area contributed by atoms with Crippen molar-refractivity contribution in [1.29, 1.82) is 0 Å². The zero-order valence-electron chi connectivity index (χ0n) is 7.29. The van der Waals surface area contributed by atoms with Crippen molar-refractivity contribution in [2.45, 2.75) is 25.9 Å². The molecule has 12 heavy (non-hydrogen) atoms. The summed E-state index contributed by atoms with van der Waals surface area (Å²) in [4.78, 5) is 10.8. The normalized spacial score (nSPS) is 23.2. The molecule has 0 aromatic rings. The van der Waals surface area contributed by atoms with Crippen molar-refractivity contribution in [2.75, 3.05) is 13.2 Å². The van der Waals surface area contributed by atoms with Crippen LogP contribution >= 0.6 is 0 Å². The molecule has 1 atom stereocenters. The summed E-state index contributed by atoms with van der Waals surface area (Å²) in [5.41, 5.74) is 0. The minimum Gasteiger partial charge on any atom is -0.460 e. The number of carbonyl (C=O) groups is 1. The molecule has 0 saturated carbocycles. The number of allylic oxidation sites excluding steroid dienone is 1. The second kappa shape index (κ2) is 4.93. The van der Waals surface area contributed by atoms with Gasteiger partial charge in [0.15, 0.2) is 0 Å². The fraction of sp³-hybridized carbons (Fsp3) is 0.667. The van der Waals surface area contributed by atoms with Crippen LogP contribution in [0.15, 0.2) is 12.2 Å². The molecule has 1 rings (SSSR count). The summed E-state index contributed by atoms with van der Waals surface area (Å²) in [7, 11) is 0. The SMILES string of the molecule is C/C=C/C(=O)OCC1CCCO1. The Balaban J connectivity index is 2.11. The number of esters is 1. The van der Waals surface area contributed by atoms with E-state index in [1.165, 1.54) is 6.08 Å². The molecule has 1 fully saturated rings. The van der Waals surface area contributed by atoms with E-state index in [4.69, 9.17) is 9.47 Å². The van der Waals surface area contributed by atoms with Gasteiger partial charge in [0.25, 0.3) is 0 Å². The van der Waals surface area contributed by atoms with Gasteiger partial charge in [0, 0.05) is 12.7 Å². The Morgan fingerprint density at radius 3 is 3.17 bits per heavy atom. The van der Waals surface area contributed by atoms with Crippen LogP contribution in [0.5, 0.6) is 0 Å². The van der Waals surface area contributed by atoms with Gasteiger partial charge in [-0.2, -0.15) is 0 Å². The molecule has 1 heterocycles. The number of hydrogen-bond acceptors (Lipinski definition) is 3. The van der Waals surface area contributed by atoms with Gasteiger partial charge >= 0.3 is 5.97 Å². The van der Waals surface area contributed by atoms with Gasteiger partial charge in [0.05, 0.1) is 6.10 Å². The van der Waals surface area contributed by atoms with Crippen molar-refractivity contribution in [1.82, 2.24) is 0 Å². The molecular formula is C9H14O3. The highest BCUT2D eigenvalue weighted by Gasteiger charge is 2.16. The largest absolute Gasteiger partial charge is 0.460 e. The molecule has 0 aliphatic carbocycles. The smallest absolute Gasteiger partial charge is 0.330 e. The molecule has 0 amide bonds. The molecule has 68 valence electrons. The summed E-state index contributed by atoms with van der Waals surface area (Å²) in [6.45, 7) is 2.97. The Morgan fingerprint density at radius 2 is 2.58 bits per heavy atom. The van der Waals surface area contributed by atoms with E-state index < -0.39 is 0 Å². The van der Waals surface area contributed by atoms with Gasteiger partial charge in [-0.3, -0.25) is 0 Å². The fourth-order valence-electron chi connectivity index (χ4n) is 1.14. The molecule has 0 aromatic carbocycles. The van der Waals surface area contributed by atoms with Gasteiger partial charge in [0.2, 0.25) is 0 Å². The van der Waals surface area contributed by atoms with Gasteiger partial charge in [0.1, 0.15) is 6.61 Å². The monoisotopic (exact) mass is 170 g/mol. The number of rotatable bonds is 3. The van der Waals surface area contributed by atoms with Gasteiger partial charge in [-0.25, -0.2) is 4.79 Å². The van der Waals surface area contributed by atoms with E-state index in [1.807, 2.05) is 0 Å². The van der Waals surface area contributed by atoms with Crippen molar-refractivity contribution in [3.8, 4) is 0 Å². The van der Waals surface area contributed by atoms with Crippen LogP contribution in [0, 0.1) is 0 Å². The van der Waals surface area contributed by atoms with Crippen molar-refractivity contribution in [2.24, 2.45) is 0 Å². The maximum absolute atomic E-state index is 10.8. The van der Waals surface area contributed by atoms with E-state index in [-0.39, 0.29) is 12.1 Å². The first-order chi connectivity index (χ1) is 5.83. The van der Waals surface area contributed by atoms with Gasteiger partial charge < -0.3 is 9.47 Å². The molecule has 0 N–H and O–H groups in total. The molecule has 3 nitrogen and oxygen atoms in total. The summed E-state index contributed by atoms with van der Waals surface area (Å²) in [6.07, 6.45) is 5.28. The molecular weight excluding hydrogens is 156 g/mol. The van der Waals surface area contributed by atoms with Crippen molar-refractivity contribution < 1.29 is 14.3 Å². The Hall–Kier alpha value is -0.830. The summed E-state index contributed by atoms with van der Waals surface area (Å²) in [5.74, 6) is -0.284. The lowest BCUT2D eigenvalue weighted by Gasteiger charge is -2.07. The van der Waals surface area contributed by atoms with E-state index in [0.29, 0.717) is 6.61 Å². The van der Waals surface area contributed by atoms with Crippen molar-refractivity contribution >= 4 is 5.97 Å². The van der Waals surface area contributed by atoms with Crippen LogP contribution in [0.3, 0.4) is 0 Å². The third-order valence-corrected chi connectivity index (χ3v) is 1.74. The highest BCUT2D eigenvalue weighted by atomic mass is 16.6. The van der Waals surface area contributed by atoms with Crippen LogP contribution < -0.4 is 0 Å². The molecule has 3 heteroatoms. The van der Waals surface area contributed by atoms with Crippen LogP contribution in [-0.2, 0) is 14.3 Å². The quantitative estimate of drug-likeness (QED) is 0.473. The van der Waals surface area contributed by atoms with E-state index >= 15 is 0 Å². The Kier molecular flexibility index (Phi) is 3.80. The second-order valence-electron chi connectivity index (χ2n) is 2.77. The fourth-order valence-corrected chi connectivity index (χ4v) is 1.14. The molecule has 1 aliphatic rings. The lowest BCUT2D eigenvalue weighted by molar-refractivity contribution is -0.140. The molecule has 1 saturated heterocycles. The summed E-state index contributed by atoms with van der Waals surface area (Å²) in [5, 5.41) is 0. The molecule has 1 aliphatic heterocycles. The van der Waals surface area contributed by atoms with Crippen LogP contribution in [0.25, 0.3) is 0 Å². The van der Waals surface area contributed by atoms with Gasteiger partial charge in [-0.05, 0) is 19.8 Å². The average molecular weight is 170 g/mol. The highest BCUT2D eigenvalue weighted by molar-refractivity contribution is 5.81. The minimum absolute atomic E-state index is 0.124. The van der Waals surface area contributed by atoms with E-state index in [2.05, 4.69) is 0 Å². The molecule has 0 aromatic heterocycles. The van der Waals surface area contributed by atoms with E-state index in [9.17, 15) is 4.79 Å². The third-order valence-electron chi connectivity index (χ3n) is 1.74. The maximum Gasteiger partial charge on any atom is 0.330 e. The van der Waals surface area contributed by atoms with Crippen LogP contribution in [0.2, 0.25) is 0 Å². The van der Waals surface area contributed by atoms with Crippen LogP contribution in [0.1, 0.15) is 19.8 Å². The number of hydrogen-bond donors (Lipinski definition) is 0. The topological polar surface area (TPSA) is 35.5 Å². The predicted octanol–water partition coefficient (Wildman–Crippen LogP) is 1.28. The van der Waals surface area contributed by atoms with Gasteiger partial charge in [-0.1, -0.05) is 6.08 Å². The van der Waals surface area contributed by atoms with Crippen molar-refractivity contribution in [3.63, 3.8) is 0 Å². The molecule has 0 spiro atoms.